The molecule has 1 aromatic rings. The van der Waals surface area contributed by atoms with Gasteiger partial charge in [0.1, 0.15) is 12.4 Å². The second kappa shape index (κ2) is 9.55. The molecule has 4 nitrogen and oxygen atoms in total. The third-order valence-electron chi connectivity index (χ3n) is 2.42. The van der Waals surface area contributed by atoms with E-state index in [2.05, 4.69) is 22.6 Å². The number of hydrogen-bond donors (Lipinski definition) is 1. The molecule has 1 aromatic carbocycles. The number of rotatable bonds is 9. The van der Waals surface area contributed by atoms with E-state index in [1.54, 1.807) is 0 Å². The third kappa shape index (κ3) is 6.53. The van der Waals surface area contributed by atoms with Crippen molar-refractivity contribution in [3.05, 3.63) is 27.8 Å². The van der Waals surface area contributed by atoms with Crippen LogP contribution in [0.15, 0.2) is 24.3 Å². The number of ether oxygens (including phenoxy) is 2. The summed E-state index contributed by atoms with van der Waals surface area (Å²) < 4.78 is 12.2. The normalized spacial score (nSPS) is 10.9. The highest BCUT2D eigenvalue weighted by Crippen LogP contribution is 2.19. The first-order valence-electron chi connectivity index (χ1n) is 5.98. The average molecular weight is 365 g/mol. The lowest BCUT2D eigenvalue weighted by atomic mass is 10.3. The van der Waals surface area contributed by atoms with E-state index in [0.717, 1.165) is 15.9 Å². The van der Waals surface area contributed by atoms with Crippen molar-refractivity contribution in [3.8, 4) is 5.75 Å². The fraction of sp³-hybridized carbons (Fsp3) is 0.538. The van der Waals surface area contributed by atoms with Gasteiger partial charge in [-0.25, -0.2) is 0 Å². The molecule has 5 heteroatoms. The van der Waals surface area contributed by atoms with E-state index in [9.17, 15) is 0 Å². The maximum Gasteiger partial charge on any atom is 0.132 e. The van der Waals surface area contributed by atoms with Crippen molar-refractivity contribution in [2.45, 2.75) is 0 Å². The molecule has 0 heterocycles. The zero-order valence-corrected chi connectivity index (χ0v) is 12.8. The predicted molar refractivity (Wildman–Crippen MR) is 80.1 cm³/mol. The molecule has 0 fully saturated rings. The summed E-state index contributed by atoms with van der Waals surface area (Å²) in [6.07, 6.45) is 0. The summed E-state index contributed by atoms with van der Waals surface area (Å²) in [6.45, 7) is 3.49. The first-order valence-corrected chi connectivity index (χ1v) is 7.06. The lowest BCUT2D eigenvalue weighted by molar-refractivity contribution is 0.0811. The molecule has 1 N–H and O–H groups in total. The summed E-state index contributed by atoms with van der Waals surface area (Å²) in [5, 5.41) is 8.73. The van der Waals surface area contributed by atoms with Crippen molar-refractivity contribution < 1.29 is 14.6 Å². The lowest BCUT2D eigenvalue weighted by Gasteiger charge is -2.15. The van der Waals surface area contributed by atoms with Crippen molar-refractivity contribution in [1.82, 2.24) is 4.90 Å². The summed E-state index contributed by atoms with van der Waals surface area (Å²) in [7, 11) is 1.96. The van der Waals surface area contributed by atoms with Crippen LogP contribution in [0, 0.1) is 3.57 Å². The second-order valence-electron chi connectivity index (χ2n) is 3.92. The van der Waals surface area contributed by atoms with Gasteiger partial charge < -0.3 is 19.5 Å². The van der Waals surface area contributed by atoms with Crippen LogP contribution >= 0.6 is 22.6 Å². The first kappa shape index (κ1) is 15.7. The highest BCUT2D eigenvalue weighted by Gasteiger charge is 1.99. The van der Waals surface area contributed by atoms with Gasteiger partial charge in [0, 0.05) is 13.1 Å². The van der Waals surface area contributed by atoms with Crippen molar-refractivity contribution in [3.63, 3.8) is 0 Å². The van der Waals surface area contributed by atoms with E-state index in [1.165, 1.54) is 0 Å². The second-order valence-corrected chi connectivity index (χ2v) is 5.08. The fourth-order valence-corrected chi connectivity index (χ4v) is 1.92. The van der Waals surface area contributed by atoms with Gasteiger partial charge in [-0.05, 0) is 41.8 Å². The molecule has 0 spiro atoms. The van der Waals surface area contributed by atoms with Crippen LogP contribution < -0.4 is 4.74 Å². The summed E-state index contributed by atoms with van der Waals surface area (Å²) in [5.41, 5.74) is 0. The Morgan fingerprint density at radius 2 is 1.94 bits per heavy atom. The quantitative estimate of drug-likeness (QED) is 0.534. The Morgan fingerprint density at radius 3 is 2.67 bits per heavy atom. The Balaban J connectivity index is 2.04. The Labute approximate surface area is 122 Å². The minimum absolute atomic E-state index is 0.187. The molecule has 0 aliphatic carbocycles. The summed E-state index contributed by atoms with van der Waals surface area (Å²) in [5.74, 6) is 0.902. The van der Waals surface area contributed by atoms with Crippen LogP contribution in [0.3, 0.4) is 0 Å². The van der Waals surface area contributed by atoms with E-state index in [1.807, 2.05) is 36.2 Å². The van der Waals surface area contributed by atoms with Gasteiger partial charge >= 0.3 is 0 Å². The summed E-state index contributed by atoms with van der Waals surface area (Å²) in [6, 6.07) is 7.92. The highest BCUT2D eigenvalue weighted by molar-refractivity contribution is 14.1. The van der Waals surface area contributed by atoms with E-state index >= 15 is 0 Å². The molecule has 102 valence electrons. The number of para-hydroxylation sites is 1. The number of aliphatic hydroxyl groups is 1. The summed E-state index contributed by atoms with van der Waals surface area (Å²) in [4.78, 5) is 2.03. The topological polar surface area (TPSA) is 41.9 Å². The van der Waals surface area contributed by atoms with Crippen LogP contribution in [-0.4, -0.2) is 56.6 Å². The van der Waals surface area contributed by atoms with Crippen molar-refractivity contribution in [1.29, 1.82) is 0 Å². The minimum Gasteiger partial charge on any atom is -0.490 e. The molecular weight excluding hydrogens is 345 g/mol. The molecule has 0 aliphatic rings. The van der Waals surface area contributed by atoms with Crippen LogP contribution in [0.1, 0.15) is 0 Å². The summed E-state index contributed by atoms with van der Waals surface area (Å²) >= 11 is 2.25. The Kier molecular flexibility index (Phi) is 8.32. The first-order chi connectivity index (χ1) is 8.74. The molecule has 1 rings (SSSR count). The van der Waals surface area contributed by atoms with Crippen molar-refractivity contribution in [2.24, 2.45) is 0 Å². The molecule has 0 amide bonds. The fourth-order valence-electron chi connectivity index (χ4n) is 1.38. The van der Waals surface area contributed by atoms with E-state index in [-0.39, 0.29) is 6.61 Å². The van der Waals surface area contributed by atoms with E-state index in [4.69, 9.17) is 14.6 Å². The zero-order valence-electron chi connectivity index (χ0n) is 10.6. The minimum atomic E-state index is 0.187. The lowest BCUT2D eigenvalue weighted by Crippen LogP contribution is -2.26. The van der Waals surface area contributed by atoms with E-state index in [0.29, 0.717) is 26.4 Å². The SMILES string of the molecule is CN(CCO)CCOCCOc1ccccc1I. The Hall–Kier alpha value is -0.370. The van der Waals surface area contributed by atoms with Crippen LogP contribution in [0.25, 0.3) is 0 Å². The van der Waals surface area contributed by atoms with Gasteiger partial charge in [0.2, 0.25) is 0 Å². The molecule has 0 unspecified atom stereocenters. The predicted octanol–water partition coefficient (Wildman–Crippen LogP) is 1.61. The average Bonchev–Trinajstić information content (AvgIpc) is 2.36. The number of aliphatic hydroxyl groups excluding tert-OH is 1. The monoisotopic (exact) mass is 365 g/mol. The Morgan fingerprint density at radius 1 is 1.17 bits per heavy atom. The molecule has 0 radical (unpaired) electrons. The van der Waals surface area contributed by atoms with Gasteiger partial charge in [-0.2, -0.15) is 0 Å². The van der Waals surface area contributed by atoms with Gasteiger partial charge in [0.15, 0.2) is 0 Å². The van der Waals surface area contributed by atoms with Crippen molar-refractivity contribution in [2.75, 3.05) is 46.6 Å². The van der Waals surface area contributed by atoms with Gasteiger partial charge in [-0.1, -0.05) is 12.1 Å². The zero-order chi connectivity index (χ0) is 13.2. The van der Waals surface area contributed by atoms with Crippen LogP contribution in [0.5, 0.6) is 5.75 Å². The number of nitrogens with zero attached hydrogens (tertiary/aromatic N) is 1. The molecule has 0 saturated carbocycles. The molecule has 0 aromatic heterocycles. The van der Waals surface area contributed by atoms with Crippen molar-refractivity contribution >= 4 is 22.6 Å². The maximum atomic E-state index is 8.73. The van der Waals surface area contributed by atoms with E-state index < -0.39 is 0 Å². The third-order valence-corrected chi connectivity index (χ3v) is 3.31. The van der Waals surface area contributed by atoms with Crippen LogP contribution in [0.2, 0.25) is 0 Å². The standard InChI is InChI=1S/C13H20INO3/c1-15(6-8-16)7-9-17-10-11-18-13-5-3-2-4-12(13)14/h2-5,16H,6-11H2,1H3. The van der Waals surface area contributed by atoms with Gasteiger partial charge in [-0.3, -0.25) is 0 Å². The number of hydrogen-bond acceptors (Lipinski definition) is 4. The van der Waals surface area contributed by atoms with Gasteiger partial charge in [-0.15, -0.1) is 0 Å². The number of likely N-dealkylation sites (N-methyl/N-ethyl adjacent to an activating group) is 1. The highest BCUT2D eigenvalue weighted by atomic mass is 127. The molecule has 0 saturated heterocycles. The van der Waals surface area contributed by atoms with Gasteiger partial charge in [0.25, 0.3) is 0 Å². The maximum absolute atomic E-state index is 8.73. The number of benzene rings is 1. The largest absolute Gasteiger partial charge is 0.490 e. The van der Waals surface area contributed by atoms with Crippen LogP contribution in [0.4, 0.5) is 0 Å². The number of halogens is 1. The van der Waals surface area contributed by atoms with Crippen LogP contribution in [-0.2, 0) is 4.74 Å². The molecule has 0 aliphatic heterocycles. The molecule has 0 atom stereocenters. The molecule has 0 bridgehead atoms. The Bertz CT molecular complexity index is 336. The molecule has 18 heavy (non-hydrogen) atoms. The molecular formula is C13H20INO3. The van der Waals surface area contributed by atoms with Gasteiger partial charge in [0.05, 0.1) is 23.4 Å². The smallest absolute Gasteiger partial charge is 0.132 e.